The number of nitrogens with one attached hydrogen (secondary N) is 1. The molecule has 0 fully saturated rings. The maximum absolute atomic E-state index is 9.23. The number of hydrogen-bond acceptors (Lipinski definition) is 4. The second-order valence-corrected chi connectivity index (χ2v) is 4.99. The van der Waals surface area contributed by atoms with Gasteiger partial charge in [-0.3, -0.25) is 4.68 Å². The molecule has 1 unspecified atom stereocenters. The lowest BCUT2D eigenvalue weighted by molar-refractivity contribution is 0.257. The quantitative estimate of drug-likeness (QED) is 0.770. The molecular weight excluding hydrogens is 252 g/mol. The molecule has 0 spiro atoms. The number of rotatable bonds is 8. The van der Waals surface area contributed by atoms with Crippen LogP contribution in [0.1, 0.15) is 31.4 Å². The second-order valence-electron chi connectivity index (χ2n) is 4.99. The molecule has 0 aliphatic carbocycles. The van der Waals surface area contributed by atoms with Crippen molar-refractivity contribution in [2.45, 2.75) is 38.4 Å². The number of aliphatic hydroxyl groups is 1. The summed E-state index contributed by atoms with van der Waals surface area (Å²) in [5.74, 6) is 0. The third kappa shape index (κ3) is 4.43. The molecule has 1 heterocycles. The van der Waals surface area contributed by atoms with Gasteiger partial charge in [-0.2, -0.15) is 5.10 Å². The molecule has 0 bridgehead atoms. The molecule has 0 aliphatic rings. The van der Waals surface area contributed by atoms with Crippen molar-refractivity contribution >= 4 is 0 Å². The summed E-state index contributed by atoms with van der Waals surface area (Å²) < 4.78 is 1.84. The Morgan fingerprint density at radius 1 is 1.25 bits per heavy atom. The summed E-state index contributed by atoms with van der Waals surface area (Å²) in [5.41, 5.74) is 1.22. The lowest BCUT2D eigenvalue weighted by Gasteiger charge is -2.23. The Morgan fingerprint density at radius 2 is 2.05 bits per heavy atom. The third-order valence-corrected chi connectivity index (χ3v) is 3.36. The first-order valence-electron chi connectivity index (χ1n) is 7.04. The summed E-state index contributed by atoms with van der Waals surface area (Å²) in [4.78, 5) is 3.94. The van der Waals surface area contributed by atoms with Gasteiger partial charge in [0.25, 0.3) is 0 Å². The van der Waals surface area contributed by atoms with Crippen molar-refractivity contribution in [2.24, 2.45) is 0 Å². The zero-order chi connectivity index (χ0) is 14.2. The van der Waals surface area contributed by atoms with E-state index in [0.29, 0.717) is 6.04 Å². The van der Waals surface area contributed by atoms with Crippen LogP contribution in [0.25, 0.3) is 0 Å². The van der Waals surface area contributed by atoms with Crippen LogP contribution in [0.4, 0.5) is 0 Å². The van der Waals surface area contributed by atoms with Crippen LogP contribution in [0.5, 0.6) is 0 Å². The molecule has 20 heavy (non-hydrogen) atoms. The third-order valence-electron chi connectivity index (χ3n) is 3.36. The van der Waals surface area contributed by atoms with E-state index in [1.807, 2.05) is 22.9 Å². The SMILES string of the molecule is CC(CCn1cncn1)N[C@H](CCO)c1ccccc1. The fourth-order valence-electron chi connectivity index (χ4n) is 2.26. The molecule has 0 radical (unpaired) electrons. The van der Waals surface area contributed by atoms with Gasteiger partial charge in [0.15, 0.2) is 0 Å². The van der Waals surface area contributed by atoms with Crippen LogP contribution in [0.15, 0.2) is 43.0 Å². The summed E-state index contributed by atoms with van der Waals surface area (Å²) in [5, 5.41) is 16.9. The zero-order valence-corrected chi connectivity index (χ0v) is 11.8. The van der Waals surface area contributed by atoms with Crippen LogP contribution >= 0.6 is 0 Å². The Labute approximate surface area is 119 Å². The minimum atomic E-state index is 0.183. The number of aryl methyl sites for hydroxylation is 1. The molecule has 0 amide bonds. The van der Waals surface area contributed by atoms with E-state index in [1.54, 1.807) is 12.7 Å². The molecule has 2 atom stereocenters. The van der Waals surface area contributed by atoms with Crippen molar-refractivity contribution in [1.82, 2.24) is 20.1 Å². The summed E-state index contributed by atoms with van der Waals surface area (Å²) in [6.07, 6.45) is 4.97. The fourth-order valence-corrected chi connectivity index (χ4v) is 2.26. The molecule has 5 nitrogen and oxygen atoms in total. The maximum atomic E-state index is 9.23. The number of aliphatic hydroxyl groups excluding tert-OH is 1. The molecule has 0 saturated carbocycles. The van der Waals surface area contributed by atoms with Crippen LogP contribution in [0.2, 0.25) is 0 Å². The van der Waals surface area contributed by atoms with E-state index in [-0.39, 0.29) is 12.6 Å². The Balaban J connectivity index is 1.87. The predicted octanol–water partition coefficient (Wildman–Crippen LogP) is 1.77. The average Bonchev–Trinajstić information content (AvgIpc) is 2.99. The van der Waals surface area contributed by atoms with Gasteiger partial charge in [-0.25, -0.2) is 4.98 Å². The highest BCUT2D eigenvalue weighted by Crippen LogP contribution is 2.17. The molecule has 1 aromatic heterocycles. The van der Waals surface area contributed by atoms with Crippen molar-refractivity contribution in [3.8, 4) is 0 Å². The van der Waals surface area contributed by atoms with Crippen molar-refractivity contribution < 1.29 is 5.11 Å². The first-order valence-corrected chi connectivity index (χ1v) is 7.04. The van der Waals surface area contributed by atoms with Crippen LogP contribution in [0.3, 0.4) is 0 Å². The highest BCUT2D eigenvalue weighted by molar-refractivity contribution is 5.18. The maximum Gasteiger partial charge on any atom is 0.137 e. The lowest BCUT2D eigenvalue weighted by atomic mass is 10.0. The lowest BCUT2D eigenvalue weighted by Crippen LogP contribution is -2.32. The summed E-state index contributed by atoms with van der Waals surface area (Å²) in [7, 11) is 0. The van der Waals surface area contributed by atoms with Crippen molar-refractivity contribution in [3.63, 3.8) is 0 Å². The van der Waals surface area contributed by atoms with Crippen molar-refractivity contribution in [3.05, 3.63) is 48.5 Å². The minimum Gasteiger partial charge on any atom is -0.396 e. The Morgan fingerprint density at radius 3 is 2.70 bits per heavy atom. The molecular formula is C15H22N4O. The number of benzene rings is 1. The first kappa shape index (κ1) is 14.7. The molecule has 5 heteroatoms. The van der Waals surface area contributed by atoms with Crippen molar-refractivity contribution in [1.29, 1.82) is 0 Å². The molecule has 2 aromatic rings. The highest BCUT2D eigenvalue weighted by Gasteiger charge is 2.13. The smallest absolute Gasteiger partial charge is 0.137 e. The van der Waals surface area contributed by atoms with Crippen LogP contribution in [-0.4, -0.2) is 32.5 Å². The zero-order valence-electron chi connectivity index (χ0n) is 11.8. The molecule has 1 aromatic carbocycles. The van der Waals surface area contributed by atoms with E-state index >= 15 is 0 Å². The van der Waals surface area contributed by atoms with Gasteiger partial charge in [0.1, 0.15) is 12.7 Å². The first-order chi connectivity index (χ1) is 9.79. The Kier molecular flexibility index (Phi) is 5.70. The molecule has 0 saturated heterocycles. The van der Waals surface area contributed by atoms with Gasteiger partial charge in [0.05, 0.1) is 0 Å². The monoisotopic (exact) mass is 274 g/mol. The largest absolute Gasteiger partial charge is 0.396 e. The normalized spacial score (nSPS) is 14.1. The van der Waals surface area contributed by atoms with Gasteiger partial charge in [0, 0.05) is 25.2 Å². The van der Waals surface area contributed by atoms with Gasteiger partial charge < -0.3 is 10.4 Å². The molecule has 2 rings (SSSR count). The van der Waals surface area contributed by atoms with E-state index < -0.39 is 0 Å². The van der Waals surface area contributed by atoms with E-state index in [9.17, 15) is 5.11 Å². The van der Waals surface area contributed by atoms with Gasteiger partial charge in [-0.15, -0.1) is 0 Å². The number of nitrogens with zero attached hydrogens (tertiary/aromatic N) is 3. The fraction of sp³-hybridized carbons (Fsp3) is 0.467. The molecule has 2 N–H and O–H groups in total. The number of hydrogen-bond donors (Lipinski definition) is 2. The second kappa shape index (κ2) is 7.77. The molecule has 108 valence electrons. The number of aromatic nitrogens is 3. The topological polar surface area (TPSA) is 63.0 Å². The van der Waals surface area contributed by atoms with Gasteiger partial charge in [-0.05, 0) is 25.3 Å². The Hall–Kier alpha value is -1.72. The standard InChI is InChI=1S/C15H22N4O/c1-13(7-9-19-12-16-11-17-19)18-15(8-10-20)14-5-3-2-4-6-14/h2-6,11-13,15,18,20H,7-10H2,1H3/t13?,15-/m1/s1. The highest BCUT2D eigenvalue weighted by atomic mass is 16.3. The van der Waals surface area contributed by atoms with Crippen molar-refractivity contribution in [2.75, 3.05) is 6.61 Å². The van der Waals surface area contributed by atoms with Crippen LogP contribution < -0.4 is 5.32 Å². The van der Waals surface area contributed by atoms with Gasteiger partial charge in [0.2, 0.25) is 0 Å². The van der Waals surface area contributed by atoms with Crippen LogP contribution in [-0.2, 0) is 6.54 Å². The van der Waals surface area contributed by atoms with E-state index in [2.05, 4.69) is 34.5 Å². The van der Waals surface area contributed by atoms with E-state index in [0.717, 1.165) is 19.4 Å². The van der Waals surface area contributed by atoms with E-state index in [1.165, 1.54) is 5.56 Å². The molecule has 0 aliphatic heterocycles. The Bertz CT molecular complexity index is 472. The minimum absolute atomic E-state index is 0.183. The van der Waals surface area contributed by atoms with Gasteiger partial charge in [-0.1, -0.05) is 30.3 Å². The summed E-state index contributed by atoms with van der Waals surface area (Å²) >= 11 is 0. The average molecular weight is 274 g/mol. The van der Waals surface area contributed by atoms with Crippen LogP contribution in [0, 0.1) is 0 Å². The van der Waals surface area contributed by atoms with E-state index in [4.69, 9.17) is 0 Å². The predicted molar refractivity (Wildman–Crippen MR) is 78.1 cm³/mol. The summed E-state index contributed by atoms with van der Waals surface area (Å²) in [6, 6.07) is 10.8. The summed E-state index contributed by atoms with van der Waals surface area (Å²) in [6.45, 7) is 3.18. The van der Waals surface area contributed by atoms with Gasteiger partial charge >= 0.3 is 0 Å².